The van der Waals surface area contributed by atoms with Gasteiger partial charge in [-0.3, -0.25) is 9.69 Å². The number of benzene rings is 2. The van der Waals surface area contributed by atoms with Crippen LogP contribution in [0.5, 0.6) is 5.75 Å². The van der Waals surface area contributed by atoms with E-state index in [9.17, 15) is 4.79 Å². The van der Waals surface area contributed by atoms with E-state index in [-0.39, 0.29) is 5.91 Å². The number of aryl methyl sites for hydroxylation is 1. The van der Waals surface area contributed by atoms with Crippen molar-refractivity contribution >= 4 is 28.9 Å². The summed E-state index contributed by atoms with van der Waals surface area (Å²) in [6, 6.07) is 14.0. The van der Waals surface area contributed by atoms with Crippen molar-refractivity contribution in [3.8, 4) is 5.75 Å². The van der Waals surface area contributed by atoms with Gasteiger partial charge in [0.25, 0.3) is 0 Å². The second-order valence-corrected chi connectivity index (χ2v) is 7.40. The summed E-state index contributed by atoms with van der Waals surface area (Å²) in [6.45, 7) is 5.45. The lowest BCUT2D eigenvalue weighted by atomic mass is 10.0. The molecule has 2 aromatic carbocycles. The number of amides is 1. The molecule has 1 saturated heterocycles. The van der Waals surface area contributed by atoms with Crippen molar-refractivity contribution in [3.05, 3.63) is 53.1 Å². The molecule has 2 heterocycles. The largest absolute Gasteiger partial charge is 0.492 e. The summed E-state index contributed by atoms with van der Waals surface area (Å²) in [5.74, 6) is 0.890. The fourth-order valence-corrected chi connectivity index (χ4v) is 3.91. The Morgan fingerprint density at radius 1 is 1.04 bits per heavy atom. The minimum absolute atomic E-state index is 0.0797. The molecule has 1 amide bonds. The molecule has 0 aromatic heterocycles. The first-order chi connectivity index (χ1) is 13.2. The Hall–Kier alpha value is -2.24. The van der Waals surface area contributed by atoms with Crippen molar-refractivity contribution < 1.29 is 9.53 Å². The molecule has 0 unspecified atom stereocenters. The smallest absolute Gasteiger partial charge is 0.224 e. The van der Waals surface area contributed by atoms with E-state index >= 15 is 0 Å². The fourth-order valence-electron chi connectivity index (χ4n) is 3.65. The van der Waals surface area contributed by atoms with E-state index in [1.165, 1.54) is 5.56 Å². The lowest BCUT2D eigenvalue weighted by molar-refractivity contribution is -0.116. The molecule has 1 fully saturated rings. The van der Waals surface area contributed by atoms with Gasteiger partial charge < -0.3 is 15.0 Å². The Morgan fingerprint density at radius 3 is 2.67 bits per heavy atom. The zero-order valence-corrected chi connectivity index (χ0v) is 16.0. The summed E-state index contributed by atoms with van der Waals surface area (Å²) in [5.41, 5.74) is 3.18. The number of nitrogens with zero attached hydrogens (tertiary/aromatic N) is 2. The number of para-hydroxylation sites is 1. The van der Waals surface area contributed by atoms with Gasteiger partial charge in [0.2, 0.25) is 5.91 Å². The summed E-state index contributed by atoms with van der Waals surface area (Å²) >= 11 is 6.30. The standard InChI is InChI=1S/C21H24ClN3O2/c22-18-3-1-2-4-20(18)25-11-9-24(10-12-25)13-14-27-17-7-5-16-6-8-21(26)23-19(16)15-17/h1-5,7,15H,6,8-14H2,(H,23,26). The Bertz CT molecular complexity index is 819. The van der Waals surface area contributed by atoms with Crippen LogP contribution >= 0.6 is 11.6 Å². The van der Waals surface area contributed by atoms with Gasteiger partial charge in [-0.05, 0) is 30.2 Å². The number of ether oxygens (including phenoxy) is 1. The van der Waals surface area contributed by atoms with Crippen LogP contribution in [0.1, 0.15) is 12.0 Å². The van der Waals surface area contributed by atoms with Gasteiger partial charge in [-0.1, -0.05) is 29.8 Å². The number of rotatable bonds is 5. The summed E-state index contributed by atoms with van der Waals surface area (Å²) in [5, 5.41) is 3.73. The molecular formula is C21H24ClN3O2. The normalized spacial score (nSPS) is 17.4. The van der Waals surface area contributed by atoms with Crippen molar-refractivity contribution in [2.24, 2.45) is 0 Å². The Labute approximate surface area is 164 Å². The molecule has 4 rings (SSSR count). The van der Waals surface area contributed by atoms with Crippen LogP contribution < -0.4 is 15.0 Å². The first-order valence-electron chi connectivity index (χ1n) is 9.46. The third kappa shape index (κ3) is 4.37. The topological polar surface area (TPSA) is 44.8 Å². The van der Waals surface area contributed by atoms with Crippen LogP contribution in [0.4, 0.5) is 11.4 Å². The van der Waals surface area contributed by atoms with Crippen LogP contribution in [0.25, 0.3) is 0 Å². The molecule has 2 aliphatic rings. The number of hydrogen-bond donors (Lipinski definition) is 1. The minimum Gasteiger partial charge on any atom is -0.492 e. The van der Waals surface area contributed by atoms with Crippen LogP contribution in [-0.4, -0.2) is 50.1 Å². The van der Waals surface area contributed by atoms with Crippen LogP contribution in [0.15, 0.2) is 42.5 Å². The monoisotopic (exact) mass is 385 g/mol. The second-order valence-electron chi connectivity index (χ2n) is 7.00. The maximum atomic E-state index is 11.5. The number of fused-ring (bicyclic) bond motifs is 1. The first kappa shape index (κ1) is 18.1. The SMILES string of the molecule is O=C1CCc2ccc(OCCN3CCN(c4ccccc4Cl)CC3)cc2N1. The third-order valence-corrected chi connectivity index (χ3v) is 5.54. The van der Waals surface area contributed by atoms with Gasteiger partial charge in [-0.15, -0.1) is 0 Å². The predicted molar refractivity (Wildman–Crippen MR) is 109 cm³/mol. The van der Waals surface area contributed by atoms with Crippen molar-refractivity contribution in [1.29, 1.82) is 0 Å². The van der Waals surface area contributed by atoms with E-state index < -0.39 is 0 Å². The highest BCUT2D eigenvalue weighted by molar-refractivity contribution is 6.33. The third-order valence-electron chi connectivity index (χ3n) is 5.22. The molecule has 2 aromatic rings. The van der Waals surface area contributed by atoms with Gasteiger partial charge in [-0.25, -0.2) is 0 Å². The van der Waals surface area contributed by atoms with Crippen molar-refractivity contribution in [1.82, 2.24) is 4.90 Å². The van der Waals surface area contributed by atoms with Crippen LogP contribution in [0, 0.1) is 0 Å². The molecule has 0 aliphatic carbocycles. The summed E-state index contributed by atoms with van der Waals surface area (Å²) < 4.78 is 5.91. The minimum atomic E-state index is 0.0797. The molecule has 5 nitrogen and oxygen atoms in total. The maximum Gasteiger partial charge on any atom is 0.224 e. The lowest BCUT2D eigenvalue weighted by Gasteiger charge is -2.36. The maximum absolute atomic E-state index is 11.5. The molecule has 0 atom stereocenters. The highest BCUT2D eigenvalue weighted by atomic mass is 35.5. The van der Waals surface area contributed by atoms with Crippen LogP contribution in [0.3, 0.4) is 0 Å². The number of anilines is 2. The van der Waals surface area contributed by atoms with E-state index in [0.717, 1.165) is 61.3 Å². The van der Waals surface area contributed by atoms with E-state index in [0.29, 0.717) is 13.0 Å². The quantitative estimate of drug-likeness (QED) is 0.856. The van der Waals surface area contributed by atoms with Gasteiger partial charge in [0.1, 0.15) is 12.4 Å². The van der Waals surface area contributed by atoms with Gasteiger partial charge in [0, 0.05) is 50.9 Å². The van der Waals surface area contributed by atoms with E-state index in [1.54, 1.807) is 0 Å². The molecule has 1 N–H and O–H groups in total. The van der Waals surface area contributed by atoms with Gasteiger partial charge in [-0.2, -0.15) is 0 Å². The number of nitrogens with one attached hydrogen (secondary N) is 1. The molecule has 6 heteroatoms. The number of halogens is 1. The van der Waals surface area contributed by atoms with Crippen molar-refractivity contribution in [2.45, 2.75) is 12.8 Å². The van der Waals surface area contributed by atoms with Crippen LogP contribution in [0.2, 0.25) is 5.02 Å². The molecule has 0 spiro atoms. The Balaban J connectivity index is 1.24. The molecule has 2 aliphatic heterocycles. The van der Waals surface area contributed by atoms with E-state index in [2.05, 4.69) is 21.2 Å². The second kappa shape index (κ2) is 8.19. The Morgan fingerprint density at radius 2 is 1.85 bits per heavy atom. The van der Waals surface area contributed by atoms with Gasteiger partial charge in [0.05, 0.1) is 10.7 Å². The summed E-state index contributed by atoms with van der Waals surface area (Å²) in [7, 11) is 0. The molecule has 0 saturated carbocycles. The van der Waals surface area contributed by atoms with Crippen LogP contribution in [-0.2, 0) is 11.2 Å². The molecule has 27 heavy (non-hydrogen) atoms. The number of piperazine rings is 1. The summed E-state index contributed by atoms with van der Waals surface area (Å²) in [6.07, 6.45) is 1.37. The van der Waals surface area contributed by atoms with Crippen molar-refractivity contribution in [2.75, 3.05) is 49.5 Å². The Kier molecular flexibility index (Phi) is 5.50. The summed E-state index contributed by atoms with van der Waals surface area (Å²) in [4.78, 5) is 16.3. The highest BCUT2D eigenvalue weighted by Gasteiger charge is 2.19. The number of hydrogen-bond acceptors (Lipinski definition) is 4. The zero-order valence-electron chi connectivity index (χ0n) is 15.3. The zero-order chi connectivity index (χ0) is 18.6. The average Bonchev–Trinajstić information content (AvgIpc) is 2.69. The van der Waals surface area contributed by atoms with Crippen molar-refractivity contribution in [3.63, 3.8) is 0 Å². The molecule has 142 valence electrons. The predicted octanol–water partition coefficient (Wildman–Crippen LogP) is 3.43. The number of carbonyl (C=O) groups excluding carboxylic acids is 1. The molecule has 0 bridgehead atoms. The van der Waals surface area contributed by atoms with E-state index in [4.69, 9.17) is 16.3 Å². The average molecular weight is 386 g/mol. The fraction of sp³-hybridized carbons (Fsp3) is 0.381. The number of carbonyl (C=O) groups is 1. The van der Waals surface area contributed by atoms with Gasteiger partial charge in [0.15, 0.2) is 0 Å². The van der Waals surface area contributed by atoms with Gasteiger partial charge >= 0.3 is 0 Å². The van der Waals surface area contributed by atoms with E-state index in [1.807, 2.05) is 36.4 Å². The molecule has 0 radical (unpaired) electrons. The highest BCUT2D eigenvalue weighted by Crippen LogP contribution is 2.28. The first-order valence-corrected chi connectivity index (χ1v) is 9.84. The lowest BCUT2D eigenvalue weighted by Crippen LogP contribution is -2.47. The molecular weight excluding hydrogens is 362 g/mol.